The first-order valence-electron chi connectivity index (χ1n) is 9.36. The zero-order valence-corrected chi connectivity index (χ0v) is 17.9. The molecular weight excluding hydrogens is 410 g/mol. The molecule has 3 heterocycles. The Morgan fingerprint density at radius 3 is 2.76 bits per heavy atom. The molecule has 1 fully saturated rings. The fraction of sp³-hybridized carbons (Fsp3) is 0.350. The Balaban J connectivity index is 1.45. The monoisotopic (exact) mass is 431 g/mol. The lowest BCUT2D eigenvalue weighted by molar-refractivity contribution is -0.118. The van der Waals surface area contributed by atoms with Crippen LogP contribution < -0.4 is 15.0 Å². The first kappa shape index (κ1) is 19.9. The summed E-state index contributed by atoms with van der Waals surface area (Å²) in [5.41, 5.74) is 2.45. The Kier molecular flexibility index (Phi) is 5.84. The standard InChI is InChI=1S/C20H22ClN5O2S/c1-13-16-9-14(23-19(27)11-28-15-10-18(21)29-12-15)3-4-17(16)24-20(22-13)26-7-5-25(2)6-8-26/h3-4,9-10,12H,5-8,11H2,1-2H3,(H,23,27). The fourth-order valence-electron chi connectivity index (χ4n) is 3.21. The Morgan fingerprint density at radius 2 is 2.03 bits per heavy atom. The van der Waals surface area contributed by atoms with Crippen molar-refractivity contribution in [3.8, 4) is 5.75 Å². The SMILES string of the molecule is Cc1nc(N2CCN(C)CC2)nc2ccc(NC(=O)COc3csc(Cl)c3)cc12. The second-order valence-corrected chi connectivity index (χ2v) is 8.60. The topological polar surface area (TPSA) is 70.6 Å². The van der Waals surface area contributed by atoms with Crippen LogP contribution in [0.25, 0.3) is 10.9 Å². The third-order valence-corrected chi connectivity index (χ3v) is 5.93. The van der Waals surface area contributed by atoms with E-state index in [2.05, 4.69) is 22.2 Å². The molecule has 0 atom stereocenters. The highest BCUT2D eigenvalue weighted by Crippen LogP contribution is 2.26. The molecule has 3 aromatic rings. The molecular formula is C20H22ClN5O2S. The van der Waals surface area contributed by atoms with Crippen LogP contribution in [0.2, 0.25) is 4.34 Å². The Hall–Kier alpha value is -2.42. The minimum atomic E-state index is -0.237. The predicted molar refractivity (Wildman–Crippen MR) is 117 cm³/mol. The predicted octanol–water partition coefficient (Wildman–Crippen LogP) is 3.42. The number of benzene rings is 1. The van der Waals surface area contributed by atoms with Crippen molar-refractivity contribution in [2.24, 2.45) is 0 Å². The van der Waals surface area contributed by atoms with Gasteiger partial charge in [0.25, 0.3) is 5.91 Å². The summed E-state index contributed by atoms with van der Waals surface area (Å²) in [6.45, 7) is 5.74. The third kappa shape index (κ3) is 4.77. The van der Waals surface area contributed by atoms with Gasteiger partial charge in [-0.2, -0.15) is 0 Å². The lowest BCUT2D eigenvalue weighted by Crippen LogP contribution is -2.45. The number of fused-ring (bicyclic) bond motifs is 1. The molecule has 2 aromatic heterocycles. The normalized spacial score (nSPS) is 14.9. The second-order valence-electron chi connectivity index (χ2n) is 7.05. The van der Waals surface area contributed by atoms with Crippen molar-refractivity contribution in [2.45, 2.75) is 6.92 Å². The first-order chi connectivity index (χ1) is 14.0. The Morgan fingerprint density at radius 1 is 1.24 bits per heavy atom. The number of piperazine rings is 1. The van der Waals surface area contributed by atoms with E-state index in [0.717, 1.165) is 48.7 Å². The molecule has 1 aliphatic heterocycles. The number of carbonyl (C=O) groups is 1. The molecule has 1 N–H and O–H groups in total. The van der Waals surface area contributed by atoms with Gasteiger partial charge in [-0.05, 0) is 32.2 Å². The largest absolute Gasteiger partial charge is 0.483 e. The number of nitrogens with zero attached hydrogens (tertiary/aromatic N) is 4. The fourth-order valence-corrected chi connectivity index (χ4v) is 4.00. The van der Waals surface area contributed by atoms with Gasteiger partial charge < -0.3 is 19.9 Å². The van der Waals surface area contributed by atoms with Gasteiger partial charge in [0, 0.05) is 48.7 Å². The van der Waals surface area contributed by atoms with E-state index in [9.17, 15) is 4.79 Å². The van der Waals surface area contributed by atoms with Crippen molar-refractivity contribution < 1.29 is 9.53 Å². The Bertz CT molecular complexity index is 1030. The van der Waals surface area contributed by atoms with Crippen LogP contribution in [0.15, 0.2) is 29.6 Å². The zero-order valence-electron chi connectivity index (χ0n) is 16.3. The summed E-state index contributed by atoms with van der Waals surface area (Å²) in [4.78, 5) is 26.1. The van der Waals surface area contributed by atoms with Crippen LogP contribution in [-0.2, 0) is 4.79 Å². The average molecular weight is 432 g/mol. The minimum Gasteiger partial charge on any atom is -0.483 e. The maximum absolute atomic E-state index is 12.2. The van der Waals surface area contributed by atoms with Crippen LogP contribution in [0.4, 0.5) is 11.6 Å². The van der Waals surface area contributed by atoms with E-state index in [-0.39, 0.29) is 12.5 Å². The zero-order chi connectivity index (χ0) is 20.4. The average Bonchev–Trinajstić information content (AvgIpc) is 3.12. The van der Waals surface area contributed by atoms with Gasteiger partial charge in [-0.3, -0.25) is 4.79 Å². The maximum Gasteiger partial charge on any atom is 0.262 e. The molecule has 152 valence electrons. The molecule has 29 heavy (non-hydrogen) atoms. The molecule has 7 nitrogen and oxygen atoms in total. The van der Waals surface area contributed by atoms with Crippen LogP contribution in [0.5, 0.6) is 5.75 Å². The van der Waals surface area contributed by atoms with E-state index in [1.807, 2.05) is 25.1 Å². The second kappa shape index (κ2) is 8.52. The highest BCUT2D eigenvalue weighted by molar-refractivity contribution is 7.14. The van der Waals surface area contributed by atoms with Crippen LogP contribution in [-0.4, -0.2) is 60.6 Å². The lowest BCUT2D eigenvalue weighted by atomic mass is 10.1. The van der Waals surface area contributed by atoms with Crippen molar-refractivity contribution >= 4 is 51.4 Å². The summed E-state index contributed by atoms with van der Waals surface area (Å²) in [5.74, 6) is 1.12. The molecule has 9 heteroatoms. The van der Waals surface area contributed by atoms with Crippen molar-refractivity contribution in [2.75, 3.05) is 50.1 Å². The summed E-state index contributed by atoms with van der Waals surface area (Å²) in [6.07, 6.45) is 0. The van der Waals surface area contributed by atoms with E-state index in [4.69, 9.17) is 26.3 Å². The number of hydrogen-bond donors (Lipinski definition) is 1. The number of anilines is 2. The van der Waals surface area contributed by atoms with Gasteiger partial charge in [-0.15, -0.1) is 11.3 Å². The number of hydrogen-bond acceptors (Lipinski definition) is 7. The number of aryl methyl sites for hydroxylation is 1. The number of carbonyl (C=O) groups excluding carboxylic acids is 1. The molecule has 0 bridgehead atoms. The quantitative estimate of drug-likeness (QED) is 0.667. The lowest BCUT2D eigenvalue weighted by Gasteiger charge is -2.32. The molecule has 1 amide bonds. The van der Waals surface area contributed by atoms with Crippen LogP contribution >= 0.6 is 22.9 Å². The number of ether oxygens (including phenoxy) is 1. The molecule has 0 unspecified atom stereocenters. The molecule has 4 rings (SSSR count). The molecule has 0 spiro atoms. The highest BCUT2D eigenvalue weighted by atomic mass is 35.5. The smallest absolute Gasteiger partial charge is 0.262 e. The molecule has 0 aliphatic carbocycles. The van der Waals surface area contributed by atoms with Crippen molar-refractivity contribution in [3.63, 3.8) is 0 Å². The number of likely N-dealkylation sites (N-methyl/N-ethyl adjacent to an activating group) is 1. The number of thiophene rings is 1. The van der Waals surface area contributed by atoms with Crippen molar-refractivity contribution in [1.82, 2.24) is 14.9 Å². The third-order valence-electron chi connectivity index (χ3n) is 4.86. The first-order valence-corrected chi connectivity index (χ1v) is 10.6. The summed E-state index contributed by atoms with van der Waals surface area (Å²) in [7, 11) is 2.13. The van der Waals surface area contributed by atoms with Gasteiger partial charge >= 0.3 is 0 Å². The molecule has 1 saturated heterocycles. The summed E-state index contributed by atoms with van der Waals surface area (Å²) in [6, 6.07) is 7.35. The van der Waals surface area contributed by atoms with Gasteiger partial charge in [0.05, 0.1) is 15.5 Å². The number of halogens is 1. The van der Waals surface area contributed by atoms with E-state index in [1.54, 1.807) is 11.4 Å². The summed E-state index contributed by atoms with van der Waals surface area (Å²) >= 11 is 7.23. The molecule has 1 aromatic carbocycles. The van der Waals surface area contributed by atoms with E-state index in [1.165, 1.54) is 11.3 Å². The summed E-state index contributed by atoms with van der Waals surface area (Å²) < 4.78 is 6.07. The molecule has 1 aliphatic rings. The summed E-state index contributed by atoms with van der Waals surface area (Å²) in [5, 5.41) is 5.55. The van der Waals surface area contributed by atoms with Gasteiger partial charge in [-0.25, -0.2) is 9.97 Å². The van der Waals surface area contributed by atoms with Gasteiger partial charge in [0.1, 0.15) is 5.75 Å². The van der Waals surface area contributed by atoms with Crippen LogP contribution in [0.3, 0.4) is 0 Å². The number of rotatable bonds is 5. The molecule has 0 radical (unpaired) electrons. The number of aromatic nitrogens is 2. The molecule has 0 saturated carbocycles. The van der Waals surface area contributed by atoms with E-state index < -0.39 is 0 Å². The maximum atomic E-state index is 12.2. The number of nitrogens with one attached hydrogen (secondary N) is 1. The minimum absolute atomic E-state index is 0.0804. The van der Waals surface area contributed by atoms with E-state index >= 15 is 0 Å². The van der Waals surface area contributed by atoms with Crippen LogP contribution in [0.1, 0.15) is 5.69 Å². The Labute approximate surface area is 178 Å². The van der Waals surface area contributed by atoms with Crippen molar-refractivity contribution in [1.29, 1.82) is 0 Å². The van der Waals surface area contributed by atoms with Gasteiger partial charge in [0.2, 0.25) is 5.95 Å². The van der Waals surface area contributed by atoms with Crippen LogP contribution in [0, 0.1) is 6.92 Å². The number of amides is 1. The van der Waals surface area contributed by atoms with Gasteiger partial charge in [-0.1, -0.05) is 11.6 Å². The van der Waals surface area contributed by atoms with Gasteiger partial charge in [0.15, 0.2) is 6.61 Å². The highest BCUT2D eigenvalue weighted by Gasteiger charge is 2.18. The van der Waals surface area contributed by atoms with E-state index in [0.29, 0.717) is 15.8 Å². The van der Waals surface area contributed by atoms with Crippen molar-refractivity contribution in [3.05, 3.63) is 39.7 Å².